The Morgan fingerprint density at radius 3 is 2.50 bits per heavy atom. The lowest BCUT2D eigenvalue weighted by Gasteiger charge is -2.14. The number of benzene rings is 3. The molecular formula is C24H17BrClFN2O3. The van der Waals surface area contributed by atoms with Crippen molar-refractivity contribution in [3.63, 3.8) is 0 Å². The zero-order valence-corrected chi connectivity index (χ0v) is 19.2. The molecule has 1 N–H and O–H groups in total. The minimum atomic E-state index is -0.634. The van der Waals surface area contributed by atoms with Crippen LogP contribution in [0.3, 0.4) is 0 Å². The van der Waals surface area contributed by atoms with Crippen LogP contribution in [0, 0.1) is 17.1 Å². The molecule has 0 unspecified atom stereocenters. The van der Waals surface area contributed by atoms with Crippen LogP contribution in [0.2, 0.25) is 5.02 Å². The van der Waals surface area contributed by atoms with E-state index in [1.54, 1.807) is 12.1 Å². The Kier molecular flexibility index (Phi) is 7.87. The standard InChI is InChI=1S/C24H17BrClFN2O3/c1-31-22-12-16(10-17(13-28)24(30)29-20-8-6-19(27)7-9-20)11-21(26)23(22)32-14-15-2-4-18(25)5-3-15/h2-12H,14H2,1H3,(H,29,30)/b17-10+. The van der Waals surface area contributed by atoms with Crippen LogP contribution < -0.4 is 14.8 Å². The summed E-state index contributed by atoms with van der Waals surface area (Å²) >= 11 is 9.78. The average Bonchev–Trinajstić information content (AvgIpc) is 2.79. The van der Waals surface area contributed by atoms with Gasteiger partial charge in [0, 0.05) is 10.2 Å². The summed E-state index contributed by atoms with van der Waals surface area (Å²) in [6, 6.07) is 17.9. The second-order valence-corrected chi connectivity index (χ2v) is 7.90. The third-order valence-corrected chi connectivity index (χ3v) is 5.14. The summed E-state index contributed by atoms with van der Waals surface area (Å²) in [7, 11) is 1.47. The smallest absolute Gasteiger partial charge is 0.266 e. The fourth-order valence-corrected chi connectivity index (χ4v) is 3.28. The topological polar surface area (TPSA) is 71.3 Å². The first-order valence-corrected chi connectivity index (χ1v) is 10.5. The highest BCUT2D eigenvalue weighted by Crippen LogP contribution is 2.37. The number of amides is 1. The summed E-state index contributed by atoms with van der Waals surface area (Å²) < 4.78 is 25.2. The molecule has 0 aromatic heterocycles. The molecule has 32 heavy (non-hydrogen) atoms. The lowest BCUT2D eigenvalue weighted by atomic mass is 10.1. The highest BCUT2D eigenvalue weighted by Gasteiger charge is 2.15. The number of nitriles is 1. The molecule has 0 bridgehead atoms. The molecule has 0 aliphatic carbocycles. The molecule has 5 nitrogen and oxygen atoms in total. The van der Waals surface area contributed by atoms with Crippen molar-refractivity contribution < 1.29 is 18.7 Å². The minimum absolute atomic E-state index is 0.157. The lowest BCUT2D eigenvalue weighted by molar-refractivity contribution is -0.112. The van der Waals surface area contributed by atoms with Gasteiger partial charge in [-0.3, -0.25) is 4.79 Å². The van der Waals surface area contributed by atoms with Gasteiger partial charge in [0.25, 0.3) is 5.91 Å². The monoisotopic (exact) mass is 514 g/mol. The first-order valence-electron chi connectivity index (χ1n) is 9.33. The highest BCUT2D eigenvalue weighted by atomic mass is 79.9. The van der Waals surface area contributed by atoms with Gasteiger partial charge in [0.1, 0.15) is 24.1 Å². The quantitative estimate of drug-likeness (QED) is 0.293. The van der Waals surface area contributed by atoms with Crippen LogP contribution in [0.5, 0.6) is 11.5 Å². The minimum Gasteiger partial charge on any atom is -0.493 e. The van der Waals surface area contributed by atoms with Crippen molar-refractivity contribution in [3.05, 3.63) is 92.7 Å². The summed E-state index contributed by atoms with van der Waals surface area (Å²) in [6.07, 6.45) is 1.38. The van der Waals surface area contributed by atoms with E-state index in [-0.39, 0.29) is 17.2 Å². The van der Waals surface area contributed by atoms with Gasteiger partial charge in [-0.05, 0) is 65.7 Å². The van der Waals surface area contributed by atoms with Crippen molar-refractivity contribution in [2.24, 2.45) is 0 Å². The van der Waals surface area contributed by atoms with E-state index in [0.29, 0.717) is 22.7 Å². The van der Waals surface area contributed by atoms with Crippen LogP contribution in [0.15, 0.2) is 70.7 Å². The van der Waals surface area contributed by atoms with Crippen LogP contribution in [-0.4, -0.2) is 13.0 Å². The lowest BCUT2D eigenvalue weighted by Crippen LogP contribution is -2.13. The largest absolute Gasteiger partial charge is 0.493 e. The molecule has 0 atom stereocenters. The Bertz CT molecular complexity index is 1190. The number of carbonyl (C=O) groups excluding carboxylic acids is 1. The van der Waals surface area contributed by atoms with Crippen LogP contribution in [0.4, 0.5) is 10.1 Å². The van der Waals surface area contributed by atoms with Gasteiger partial charge in [-0.25, -0.2) is 4.39 Å². The number of carbonyl (C=O) groups is 1. The maximum absolute atomic E-state index is 13.0. The summed E-state index contributed by atoms with van der Waals surface area (Å²) in [4.78, 5) is 12.4. The fourth-order valence-electron chi connectivity index (χ4n) is 2.75. The third-order valence-electron chi connectivity index (χ3n) is 4.33. The maximum atomic E-state index is 13.0. The maximum Gasteiger partial charge on any atom is 0.266 e. The second kappa shape index (κ2) is 10.8. The molecule has 3 aromatic carbocycles. The van der Waals surface area contributed by atoms with Crippen LogP contribution in [0.1, 0.15) is 11.1 Å². The molecule has 0 aliphatic rings. The number of rotatable bonds is 7. The Hall–Kier alpha value is -3.34. The molecule has 162 valence electrons. The van der Waals surface area contributed by atoms with E-state index in [0.717, 1.165) is 10.0 Å². The number of hydrogen-bond acceptors (Lipinski definition) is 4. The van der Waals surface area contributed by atoms with Crippen LogP contribution >= 0.6 is 27.5 Å². The van der Waals surface area contributed by atoms with E-state index in [9.17, 15) is 14.4 Å². The molecule has 0 spiro atoms. The van der Waals surface area contributed by atoms with Crippen molar-refractivity contribution in [2.45, 2.75) is 6.61 Å². The number of nitrogens with one attached hydrogen (secondary N) is 1. The first-order chi connectivity index (χ1) is 15.4. The van der Waals surface area contributed by atoms with Gasteiger partial charge in [0.15, 0.2) is 11.5 Å². The SMILES string of the molecule is COc1cc(/C=C(\C#N)C(=O)Nc2ccc(F)cc2)cc(Cl)c1OCc1ccc(Br)cc1. The number of methoxy groups -OCH3 is 1. The summed E-state index contributed by atoms with van der Waals surface area (Å²) in [5.41, 5.74) is 1.63. The fraction of sp³-hybridized carbons (Fsp3) is 0.0833. The molecule has 1 amide bonds. The molecule has 0 heterocycles. The zero-order valence-electron chi connectivity index (χ0n) is 16.9. The van der Waals surface area contributed by atoms with Gasteiger partial charge >= 0.3 is 0 Å². The molecule has 3 aromatic rings. The predicted octanol–water partition coefficient (Wildman–Crippen LogP) is 6.37. The molecule has 3 rings (SSSR count). The molecule has 0 saturated carbocycles. The van der Waals surface area contributed by atoms with E-state index < -0.39 is 11.7 Å². The van der Waals surface area contributed by atoms with Gasteiger partial charge in [0.2, 0.25) is 0 Å². The molecule has 0 aliphatic heterocycles. The van der Waals surface area contributed by atoms with E-state index in [1.807, 2.05) is 30.3 Å². The first kappa shape index (κ1) is 23.3. The third kappa shape index (κ3) is 6.10. The molecule has 0 radical (unpaired) electrons. The van der Waals surface area contributed by atoms with Crippen molar-refractivity contribution >= 4 is 45.2 Å². The number of anilines is 1. The van der Waals surface area contributed by atoms with Crippen molar-refractivity contribution in [1.82, 2.24) is 0 Å². The summed E-state index contributed by atoms with van der Waals surface area (Å²) in [5.74, 6) is -0.353. The Morgan fingerprint density at radius 2 is 1.88 bits per heavy atom. The van der Waals surface area contributed by atoms with Gasteiger partial charge in [0.05, 0.1) is 12.1 Å². The summed E-state index contributed by atoms with van der Waals surface area (Å²) in [5, 5.41) is 12.2. The van der Waals surface area contributed by atoms with Crippen molar-refractivity contribution in [2.75, 3.05) is 12.4 Å². The van der Waals surface area contributed by atoms with E-state index in [2.05, 4.69) is 21.2 Å². The predicted molar refractivity (Wildman–Crippen MR) is 125 cm³/mol. The molecule has 0 fully saturated rings. The number of halogens is 3. The second-order valence-electron chi connectivity index (χ2n) is 6.58. The van der Waals surface area contributed by atoms with Gasteiger partial charge in [-0.2, -0.15) is 5.26 Å². The van der Waals surface area contributed by atoms with Crippen LogP contribution in [0.25, 0.3) is 6.08 Å². The zero-order chi connectivity index (χ0) is 23.1. The normalized spacial score (nSPS) is 10.9. The summed E-state index contributed by atoms with van der Waals surface area (Å²) in [6.45, 7) is 0.280. The van der Waals surface area contributed by atoms with Crippen LogP contribution in [-0.2, 0) is 11.4 Å². The van der Waals surface area contributed by atoms with E-state index >= 15 is 0 Å². The Labute approximate surface area is 198 Å². The van der Waals surface area contributed by atoms with Crippen molar-refractivity contribution in [3.8, 4) is 17.6 Å². The van der Waals surface area contributed by atoms with Gasteiger partial charge < -0.3 is 14.8 Å². The number of ether oxygens (including phenoxy) is 2. The van der Waals surface area contributed by atoms with Gasteiger partial charge in [-0.15, -0.1) is 0 Å². The molecule has 8 heteroatoms. The Balaban J connectivity index is 1.80. The highest BCUT2D eigenvalue weighted by molar-refractivity contribution is 9.10. The molecular weight excluding hydrogens is 499 g/mol. The van der Waals surface area contributed by atoms with E-state index in [1.165, 1.54) is 37.5 Å². The Morgan fingerprint density at radius 1 is 1.19 bits per heavy atom. The molecule has 0 saturated heterocycles. The van der Waals surface area contributed by atoms with Crippen molar-refractivity contribution in [1.29, 1.82) is 5.26 Å². The number of nitrogens with zero attached hydrogens (tertiary/aromatic N) is 1. The van der Waals surface area contributed by atoms with E-state index in [4.69, 9.17) is 21.1 Å². The average molecular weight is 516 g/mol. The number of hydrogen-bond donors (Lipinski definition) is 1. The van der Waals surface area contributed by atoms with Gasteiger partial charge in [-0.1, -0.05) is 39.7 Å².